The number of nitrogens with one attached hydrogen (secondary N) is 1. The van der Waals surface area contributed by atoms with Gasteiger partial charge >= 0.3 is 0 Å². The van der Waals surface area contributed by atoms with Crippen molar-refractivity contribution in [2.24, 2.45) is 0 Å². The molecule has 0 atom stereocenters. The largest absolute Gasteiger partial charge is 0.324 e. The average Bonchev–Trinajstić information content (AvgIpc) is 2.91. The molecule has 1 amide bonds. The Kier molecular flexibility index (Phi) is 3.87. The topological polar surface area (TPSA) is 59.8 Å². The Morgan fingerprint density at radius 1 is 1.24 bits per heavy atom. The first-order chi connectivity index (χ1) is 10.3. The summed E-state index contributed by atoms with van der Waals surface area (Å²) in [4.78, 5) is 13.2. The van der Waals surface area contributed by atoms with Crippen molar-refractivity contribution in [1.29, 1.82) is 0 Å². The zero-order valence-corrected chi connectivity index (χ0v) is 12.3. The first-order valence-corrected chi connectivity index (χ1v) is 7.71. The van der Waals surface area contributed by atoms with Crippen LogP contribution in [0.25, 0.3) is 11.0 Å². The Bertz CT molecular complexity index is 784. The predicted octanol–water partition coefficient (Wildman–Crippen LogP) is 2.79. The van der Waals surface area contributed by atoms with Crippen molar-refractivity contribution in [2.75, 3.05) is 11.6 Å². The standard InChI is InChI=1S/C15H14N4OS/c1-21-12-6-4-5-11(9-12)16-15(20)10-19-14-8-3-2-7-13(14)17-18-19/h2-9H,10H2,1H3,(H,16,20). The fourth-order valence-corrected chi connectivity index (χ4v) is 2.53. The third kappa shape index (κ3) is 3.05. The SMILES string of the molecule is CSc1cccc(NC(=O)Cn2nnc3ccccc32)c1. The van der Waals surface area contributed by atoms with E-state index in [1.165, 1.54) is 0 Å². The van der Waals surface area contributed by atoms with Crippen LogP contribution in [-0.4, -0.2) is 27.2 Å². The number of amides is 1. The second-order valence-electron chi connectivity index (χ2n) is 4.52. The maximum absolute atomic E-state index is 12.1. The summed E-state index contributed by atoms with van der Waals surface area (Å²) in [6.45, 7) is 0.143. The van der Waals surface area contributed by atoms with E-state index in [1.807, 2.05) is 54.8 Å². The molecule has 3 aromatic rings. The van der Waals surface area contributed by atoms with E-state index in [2.05, 4.69) is 15.6 Å². The van der Waals surface area contributed by atoms with Gasteiger partial charge in [-0.25, -0.2) is 4.68 Å². The second kappa shape index (κ2) is 5.97. The van der Waals surface area contributed by atoms with Gasteiger partial charge in [-0.1, -0.05) is 23.4 Å². The monoisotopic (exact) mass is 298 g/mol. The van der Waals surface area contributed by atoms with Gasteiger partial charge in [0.1, 0.15) is 12.1 Å². The number of carbonyl (C=O) groups excluding carboxylic acids is 1. The van der Waals surface area contributed by atoms with Gasteiger partial charge in [-0.3, -0.25) is 4.79 Å². The molecule has 1 aromatic heterocycles. The molecule has 1 N–H and O–H groups in total. The van der Waals surface area contributed by atoms with Gasteiger partial charge in [-0.2, -0.15) is 0 Å². The lowest BCUT2D eigenvalue weighted by Gasteiger charge is -2.06. The fraction of sp³-hybridized carbons (Fsp3) is 0.133. The molecular weight excluding hydrogens is 284 g/mol. The minimum atomic E-state index is -0.121. The van der Waals surface area contributed by atoms with Crippen molar-refractivity contribution in [3.8, 4) is 0 Å². The van der Waals surface area contributed by atoms with Crippen LogP contribution in [0.15, 0.2) is 53.4 Å². The third-order valence-corrected chi connectivity index (χ3v) is 3.79. The smallest absolute Gasteiger partial charge is 0.246 e. The molecule has 6 heteroatoms. The summed E-state index contributed by atoms with van der Waals surface area (Å²) in [7, 11) is 0. The van der Waals surface area contributed by atoms with E-state index in [1.54, 1.807) is 16.4 Å². The number of hydrogen-bond donors (Lipinski definition) is 1. The Labute approximate surface area is 126 Å². The molecule has 5 nitrogen and oxygen atoms in total. The van der Waals surface area contributed by atoms with Crippen LogP contribution in [0.5, 0.6) is 0 Å². The number of para-hydroxylation sites is 1. The van der Waals surface area contributed by atoms with Crippen LogP contribution >= 0.6 is 11.8 Å². The van der Waals surface area contributed by atoms with Crippen molar-refractivity contribution in [3.05, 3.63) is 48.5 Å². The number of carbonyl (C=O) groups is 1. The summed E-state index contributed by atoms with van der Waals surface area (Å²) in [5.74, 6) is -0.121. The van der Waals surface area contributed by atoms with Crippen LogP contribution in [0.2, 0.25) is 0 Å². The third-order valence-electron chi connectivity index (χ3n) is 3.07. The molecule has 0 saturated carbocycles. The van der Waals surface area contributed by atoms with Crippen LogP contribution < -0.4 is 5.32 Å². The highest BCUT2D eigenvalue weighted by molar-refractivity contribution is 7.98. The first kappa shape index (κ1) is 13.6. The Morgan fingerprint density at radius 3 is 2.95 bits per heavy atom. The fourth-order valence-electron chi connectivity index (χ4n) is 2.07. The highest BCUT2D eigenvalue weighted by Gasteiger charge is 2.08. The lowest BCUT2D eigenvalue weighted by atomic mass is 10.3. The van der Waals surface area contributed by atoms with Crippen molar-refractivity contribution in [2.45, 2.75) is 11.4 Å². The van der Waals surface area contributed by atoms with Gasteiger partial charge in [0.2, 0.25) is 5.91 Å². The van der Waals surface area contributed by atoms with E-state index in [9.17, 15) is 4.79 Å². The number of aromatic nitrogens is 3. The number of rotatable bonds is 4. The van der Waals surface area contributed by atoms with E-state index < -0.39 is 0 Å². The Morgan fingerprint density at radius 2 is 2.10 bits per heavy atom. The Hall–Kier alpha value is -2.34. The number of thioether (sulfide) groups is 1. The van der Waals surface area contributed by atoms with E-state index in [-0.39, 0.29) is 12.5 Å². The minimum absolute atomic E-state index is 0.121. The van der Waals surface area contributed by atoms with Crippen LogP contribution in [0.4, 0.5) is 5.69 Å². The molecule has 0 aliphatic carbocycles. The van der Waals surface area contributed by atoms with E-state index >= 15 is 0 Å². The molecule has 0 saturated heterocycles. The molecule has 2 aromatic carbocycles. The van der Waals surface area contributed by atoms with E-state index in [0.29, 0.717) is 0 Å². The van der Waals surface area contributed by atoms with Gasteiger partial charge in [0.25, 0.3) is 0 Å². The van der Waals surface area contributed by atoms with Gasteiger partial charge in [-0.05, 0) is 36.6 Å². The Balaban J connectivity index is 1.74. The lowest BCUT2D eigenvalue weighted by Crippen LogP contribution is -2.19. The van der Waals surface area contributed by atoms with Crippen molar-refractivity contribution in [3.63, 3.8) is 0 Å². The molecular formula is C15H14N4OS. The molecule has 0 unspecified atom stereocenters. The van der Waals surface area contributed by atoms with Crippen LogP contribution in [-0.2, 0) is 11.3 Å². The lowest BCUT2D eigenvalue weighted by molar-refractivity contribution is -0.116. The number of anilines is 1. The molecule has 3 rings (SSSR count). The zero-order valence-electron chi connectivity index (χ0n) is 11.5. The van der Waals surface area contributed by atoms with Gasteiger partial charge in [0, 0.05) is 10.6 Å². The summed E-state index contributed by atoms with van der Waals surface area (Å²) in [6.07, 6.45) is 2.00. The van der Waals surface area contributed by atoms with Crippen LogP contribution in [0.3, 0.4) is 0 Å². The molecule has 106 valence electrons. The van der Waals surface area contributed by atoms with Crippen LogP contribution in [0.1, 0.15) is 0 Å². The van der Waals surface area contributed by atoms with Crippen molar-refractivity contribution in [1.82, 2.24) is 15.0 Å². The highest BCUT2D eigenvalue weighted by atomic mass is 32.2. The highest BCUT2D eigenvalue weighted by Crippen LogP contribution is 2.19. The first-order valence-electron chi connectivity index (χ1n) is 6.48. The average molecular weight is 298 g/mol. The normalized spacial score (nSPS) is 10.7. The summed E-state index contributed by atoms with van der Waals surface area (Å²) in [5.41, 5.74) is 2.43. The molecule has 0 radical (unpaired) electrons. The second-order valence-corrected chi connectivity index (χ2v) is 5.40. The summed E-state index contributed by atoms with van der Waals surface area (Å²) >= 11 is 1.64. The van der Waals surface area contributed by atoms with Crippen LogP contribution in [0, 0.1) is 0 Å². The van der Waals surface area contributed by atoms with E-state index in [0.717, 1.165) is 21.6 Å². The quantitative estimate of drug-likeness (QED) is 0.752. The van der Waals surface area contributed by atoms with Gasteiger partial charge in [0.05, 0.1) is 5.52 Å². The summed E-state index contributed by atoms with van der Waals surface area (Å²) < 4.78 is 1.60. The summed E-state index contributed by atoms with van der Waals surface area (Å²) in [6, 6.07) is 15.3. The zero-order chi connectivity index (χ0) is 14.7. The van der Waals surface area contributed by atoms with Gasteiger partial charge < -0.3 is 5.32 Å². The number of hydrogen-bond acceptors (Lipinski definition) is 4. The van der Waals surface area contributed by atoms with E-state index in [4.69, 9.17) is 0 Å². The molecule has 21 heavy (non-hydrogen) atoms. The molecule has 0 spiro atoms. The van der Waals surface area contributed by atoms with Crippen molar-refractivity contribution < 1.29 is 4.79 Å². The van der Waals surface area contributed by atoms with Gasteiger partial charge in [0.15, 0.2) is 0 Å². The molecule has 0 aliphatic rings. The predicted molar refractivity (Wildman–Crippen MR) is 84.4 cm³/mol. The van der Waals surface area contributed by atoms with Crippen molar-refractivity contribution >= 4 is 34.4 Å². The minimum Gasteiger partial charge on any atom is -0.324 e. The number of benzene rings is 2. The molecule has 0 fully saturated rings. The summed E-state index contributed by atoms with van der Waals surface area (Å²) in [5, 5.41) is 10.9. The maximum Gasteiger partial charge on any atom is 0.246 e. The molecule has 0 aliphatic heterocycles. The molecule has 0 bridgehead atoms. The number of nitrogens with zero attached hydrogens (tertiary/aromatic N) is 3. The number of fused-ring (bicyclic) bond motifs is 1. The molecule has 1 heterocycles. The van der Waals surface area contributed by atoms with Gasteiger partial charge in [-0.15, -0.1) is 16.9 Å². The maximum atomic E-state index is 12.1.